The molecule has 5 heteroatoms. The van der Waals surface area contributed by atoms with Gasteiger partial charge in [0.05, 0.1) is 11.8 Å². The van der Waals surface area contributed by atoms with Crippen LogP contribution < -0.4 is 0 Å². The number of piperazine rings is 1. The zero-order valence-corrected chi connectivity index (χ0v) is 14.4. The summed E-state index contributed by atoms with van der Waals surface area (Å²) < 4.78 is 5.72. The summed E-state index contributed by atoms with van der Waals surface area (Å²) in [6.07, 6.45) is 2.02. The molecule has 0 aliphatic carbocycles. The van der Waals surface area contributed by atoms with Crippen LogP contribution in [0.4, 0.5) is 0 Å². The number of thioether (sulfide) groups is 1. The van der Waals surface area contributed by atoms with Crippen LogP contribution in [0.3, 0.4) is 0 Å². The van der Waals surface area contributed by atoms with Gasteiger partial charge >= 0.3 is 0 Å². The topological polar surface area (TPSA) is 36.7 Å². The van der Waals surface area contributed by atoms with E-state index in [-0.39, 0.29) is 11.9 Å². The first-order chi connectivity index (χ1) is 11.2. The lowest BCUT2D eigenvalue weighted by Gasteiger charge is -2.40. The normalized spacial score (nSPS) is 19.0. The highest BCUT2D eigenvalue weighted by Crippen LogP contribution is 2.27. The molecule has 0 unspecified atom stereocenters. The second-order valence-electron chi connectivity index (χ2n) is 5.89. The van der Waals surface area contributed by atoms with Gasteiger partial charge in [0.15, 0.2) is 5.76 Å². The Bertz CT molecular complexity index is 656. The summed E-state index contributed by atoms with van der Waals surface area (Å²) in [5.41, 5.74) is 1.17. The van der Waals surface area contributed by atoms with Crippen molar-refractivity contribution in [2.45, 2.75) is 11.8 Å². The highest BCUT2D eigenvalue weighted by Gasteiger charge is 2.32. The van der Waals surface area contributed by atoms with Gasteiger partial charge in [-0.05, 0) is 31.0 Å². The van der Waals surface area contributed by atoms with Gasteiger partial charge in [0.1, 0.15) is 5.76 Å². The van der Waals surface area contributed by atoms with Crippen LogP contribution in [-0.4, -0.2) is 48.6 Å². The van der Waals surface area contributed by atoms with Gasteiger partial charge in [-0.25, -0.2) is 0 Å². The summed E-state index contributed by atoms with van der Waals surface area (Å²) in [4.78, 5) is 17.1. The number of benzene rings is 1. The average Bonchev–Trinajstić information content (AvgIpc) is 3.04. The summed E-state index contributed by atoms with van der Waals surface area (Å²) in [5.74, 6) is 2.07. The van der Waals surface area contributed by atoms with Crippen molar-refractivity contribution >= 4 is 17.7 Å². The monoisotopic (exact) mass is 330 g/mol. The van der Waals surface area contributed by atoms with E-state index in [9.17, 15) is 4.79 Å². The Labute approximate surface area is 141 Å². The van der Waals surface area contributed by atoms with Crippen molar-refractivity contribution in [1.29, 1.82) is 0 Å². The molecule has 0 N–H and O–H groups in total. The number of likely N-dealkylation sites (N-methyl/N-ethyl adjacent to an activating group) is 1. The molecular formula is C18H22N2O2S. The van der Waals surface area contributed by atoms with Gasteiger partial charge in [-0.15, -0.1) is 0 Å². The van der Waals surface area contributed by atoms with Crippen LogP contribution in [0.25, 0.3) is 0 Å². The zero-order valence-electron chi connectivity index (χ0n) is 13.6. The molecule has 1 aliphatic rings. The van der Waals surface area contributed by atoms with Crippen LogP contribution in [0.5, 0.6) is 0 Å². The van der Waals surface area contributed by atoms with E-state index in [0.717, 1.165) is 24.6 Å². The number of carbonyl (C=O) groups is 1. The smallest absolute Gasteiger partial charge is 0.290 e. The third-order valence-electron chi connectivity index (χ3n) is 4.19. The molecule has 0 spiro atoms. The largest absolute Gasteiger partial charge is 0.455 e. The second kappa shape index (κ2) is 7.23. The van der Waals surface area contributed by atoms with E-state index in [1.54, 1.807) is 17.8 Å². The molecular weight excluding hydrogens is 308 g/mol. The highest BCUT2D eigenvalue weighted by molar-refractivity contribution is 7.97. The molecule has 1 saturated heterocycles. The molecule has 2 heterocycles. The van der Waals surface area contributed by atoms with Crippen LogP contribution in [-0.2, 0) is 5.75 Å². The minimum absolute atomic E-state index is 0.0145. The van der Waals surface area contributed by atoms with E-state index < -0.39 is 0 Å². The molecule has 1 amide bonds. The molecule has 1 aromatic heterocycles. The number of carbonyl (C=O) groups excluding carboxylic acids is 1. The Kier molecular flexibility index (Phi) is 5.08. The van der Waals surface area contributed by atoms with Crippen LogP contribution >= 0.6 is 11.8 Å². The third-order valence-corrected chi connectivity index (χ3v) is 4.76. The van der Waals surface area contributed by atoms with Crippen molar-refractivity contribution < 1.29 is 9.21 Å². The van der Waals surface area contributed by atoms with Crippen molar-refractivity contribution in [1.82, 2.24) is 9.80 Å². The maximum Gasteiger partial charge on any atom is 0.290 e. The lowest BCUT2D eigenvalue weighted by Crippen LogP contribution is -2.49. The molecule has 1 aliphatic heterocycles. The summed E-state index contributed by atoms with van der Waals surface area (Å²) in [6.45, 7) is 2.44. The molecule has 1 atom stereocenters. The molecule has 1 fully saturated rings. The van der Waals surface area contributed by atoms with Crippen molar-refractivity contribution in [2.75, 3.05) is 32.9 Å². The zero-order chi connectivity index (χ0) is 16.2. The molecule has 4 nitrogen and oxygen atoms in total. The number of hydrogen-bond acceptors (Lipinski definition) is 4. The fourth-order valence-electron chi connectivity index (χ4n) is 2.98. The third kappa shape index (κ3) is 3.62. The van der Waals surface area contributed by atoms with E-state index in [2.05, 4.69) is 24.1 Å². The van der Waals surface area contributed by atoms with E-state index in [0.29, 0.717) is 12.3 Å². The van der Waals surface area contributed by atoms with Crippen molar-refractivity contribution in [2.24, 2.45) is 0 Å². The first-order valence-corrected chi connectivity index (χ1v) is 9.20. The van der Waals surface area contributed by atoms with E-state index >= 15 is 0 Å². The molecule has 3 rings (SSSR count). The van der Waals surface area contributed by atoms with E-state index in [1.165, 1.54) is 5.56 Å². The second-order valence-corrected chi connectivity index (χ2v) is 6.75. The Morgan fingerprint density at radius 1 is 1.22 bits per heavy atom. The first-order valence-electron chi connectivity index (χ1n) is 7.81. The van der Waals surface area contributed by atoms with Crippen LogP contribution in [0, 0.1) is 0 Å². The maximum absolute atomic E-state index is 12.9. The number of amides is 1. The number of nitrogens with zero attached hydrogens (tertiary/aromatic N) is 2. The molecule has 0 bridgehead atoms. The average molecular weight is 330 g/mol. The van der Waals surface area contributed by atoms with Gasteiger partial charge in [-0.1, -0.05) is 30.3 Å². The number of rotatable bonds is 4. The van der Waals surface area contributed by atoms with Crippen LogP contribution in [0.2, 0.25) is 0 Å². The lowest BCUT2D eigenvalue weighted by molar-refractivity contribution is 0.0466. The SMILES string of the molecule is CSCc1ccc(C(=O)N2CCN(C)C[C@@H]2c2ccccc2)o1. The van der Waals surface area contributed by atoms with Gasteiger partial charge in [0.25, 0.3) is 5.91 Å². The number of hydrogen-bond donors (Lipinski definition) is 0. The fraction of sp³-hybridized carbons (Fsp3) is 0.389. The first kappa shape index (κ1) is 16.1. The minimum atomic E-state index is -0.0145. The van der Waals surface area contributed by atoms with E-state index in [1.807, 2.05) is 35.4 Å². The van der Waals surface area contributed by atoms with Gasteiger partial charge in [-0.3, -0.25) is 4.79 Å². The van der Waals surface area contributed by atoms with Gasteiger partial charge in [0.2, 0.25) is 0 Å². The quantitative estimate of drug-likeness (QED) is 0.862. The lowest BCUT2D eigenvalue weighted by atomic mass is 10.0. The molecule has 2 aromatic rings. The van der Waals surface area contributed by atoms with Crippen LogP contribution in [0.15, 0.2) is 46.9 Å². The summed E-state index contributed by atoms with van der Waals surface area (Å²) in [5, 5.41) is 0. The summed E-state index contributed by atoms with van der Waals surface area (Å²) in [7, 11) is 2.10. The number of furan rings is 1. The standard InChI is InChI=1S/C18H22N2O2S/c1-19-10-11-20(16(12-19)14-6-4-3-5-7-14)18(21)17-9-8-15(22-17)13-23-2/h3-9,16H,10-13H2,1-2H3/t16-/m1/s1. The van der Waals surface area contributed by atoms with Crippen LogP contribution in [0.1, 0.15) is 27.9 Å². The van der Waals surface area contributed by atoms with Gasteiger partial charge in [0, 0.05) is 19.6 Å². The van der Waals surface area contributed by atoms with E-state index in [4.69, 9.17) is 4.42 Å². The summed E-state index contributed by atoms with van der Waals surface area (Å²) >= 11 is 1.69. The predicted molar refractivity (Wildman–Crippen MR) is 93.6 cm³/mol. The van der Waals surface area contributed by atoms with Crippen molar-refractivity contribution in [3.63, 3.8) is 0 Å². The van der Waals surface area contributed by atoms with Gasteiger partial charge in [-0.2, -0.15) is 11.8 Å². The fourth-order valence-corrected chi connectivity index (χ4v) is 3.42. The Hall–Kier alpha value is -1.72. The Morgan fingerprint density at radius 2 is 2.00 bits per heavy atom. The summed E-state index contributed by atoms with van der Waals surface area (Å²) in [6, 6.07) is 14.0. The van der Waals surface area contributed by atoms with Crippen molar-refractivity contribution in [3.8, 4) is 0 Å². The minimum Gasteiger partial charge on any atom is -0.455 e. The maximum atomic E-state index is 12.9. The Morgan fingerprint density at radius 3 is 2.74 bits per heavy atom. The molecule has 0 saturated carbocycles. The molecule has 122 valence electrons. The van der Waals surface area contributed by atoms with Crippen molar-refractivity contribution in [3.05, 3.63) is 59.5 Å². The highest BCUT2D eigenvalue weighted by atomic mass is 32.2. The van der Waals surface area contributed by atoms with Gasteiger partial charge < -0.3 is 14.2 Å². The predicted octanol–water partition coefficient (Wildman–Crippen LogP) is 3.27. The molecule has 1 aromatic carbocycles. The molecule has 0 radical (unpaired) electrons. The molecule has 23 heavy (non-hydrogen) atoms. The Balaban J connectivity index is 1.84.